The normalized spacial score (nSPS) is 10.9. The highest BCUT2D eigenvalue weighted by Gasteiger charge is 2.06. The van der Waals surface area contributed by atoms with Gasteiger partial charge in [0.2, 0.25) is 0 Å². The lowest BCUT2D eigenvalue weighted by atomic mass is 10.2. The average Bonchev–Trinajstić information content (AvgIpc) is 2.62. The van der Waals surface area contributed by atoms with Crippen LogP contribution in [-0.2, 0) is 6.61 Å². The van der Waals surface area contributed by atoms with E-state index in [-0.39, 0.29) is 0 Å². The number of hydrogen-bond acceptors (Lipinski definition) is 3. The molecular weight excluding hydrogens is 288 g/mol. The van der Waals surface area contributed by atoms with Gasteiger partial charge in [-0.3, -0.25) is 4.79 Å². The van der Waals surface area contributed by atoms with Crippen molar-refractivity contribution >= 4 is 6.29 Å². The van der Waals surface area contributed by atoms with Gasteiger partial charge in [0.1, 0.15) is 24.7 Å². The Bertz CT molecular complexity index is 687. The first kappa shape index (κ1) is 16.6. The Balaban J connectivity index is 2.04. The van der Waals surface area contributed by atoms with E-state index in [0.717, 1.165) is 17.4 Å². The lowest BCUT2D eigenvalue weighted by Gasteiger charge is -2.11. The molecular formula is C20H20O3. The Morgan fingerprint density at radius 3 is 2.57 bits per heavy atom. The number of aldehydes is 1. The van der Waals surface area contributed by atoms with Crippen molar-refractivity contribution in [1.29, 1.82) is 0 Å². The summed E-state index contributed by atoms with van der Waals surface area (Å²) in [6.45, 7) is 6.49. The van der Waals surface area contributed by atoms with Crippen LogP contribution >= 0.6 is 0 Å². The molecule has 2 rings (SSSR count). The predicted octanol–water partition coefficient (Wildman–Crippen LogP) is 4.59. The third kappa shape index (κ3) is 4.85. The van der Waals surface area contributed by atoms with Crippen molar-refractivity contribution in [3.63, 3.8) is 0 Å². The van der Waals surface area contributed by atoms with E-state index in [1.54, 1.807) is 24.3 Å². The van der Waals surface area contributed by atoms with Crippen molar-refractivity contribution in [2.45, 2.75) is 13.5 Å². The standard InChI is InChI=1S/C20H20O3/c1-3-16(4-2)14-22-19-10-11-20(18(12-19)13-21)23-15-17-8-6-5-7-9-17/h3-13H,1,14-15H2,2H3/b16-4-. The molecule has 0 atom stereocenters. The molecule has 3 nitrogen and oxygen atoms in total. The van der Waals surface area contributed by atoms with Crippen LogP contribution in [0.1, 0.15) is 22.8 Å². The molecule has 0 bridgehead atoms. The van der Waals surface area contributed by atoms with Crippen molar-refractivity contribution in [3.8, 4) is 11.5 Å². The highest BCUT2D eigenvalue weighted by Crippen LogP contribution is 2.24. The molecule has 0 aliphatic carbocycles. The lowest BCUT2D eigenvalue weighted by molar-refractivity contribution is 0.111. The first-order chi connectivity index (χ1) is 11.3. The lowest BCUT2D eigenvalue weighted by Crippen LogP contribution is -2.01. The molecule has 0 radical (unpaired) electrons. The largest absolute Gasteiger partial charge is 0.489 e. The minimum Gasteiger partial charge on any atom is -0.489 e. The third-order valence-corrected chi connectivity index (χ3v) is 3.38. The van der Waals surface area contributed by atoms with Gasteiger partial charge < -0.3 is 9.47 Å². The second kappa shape index (κ2) is 8.59. The van der Waals surface area contributed by atoms with Crippen molar-refractivity contribution in [3.05, 3.63) is 84.0 Å². The molecule has 23 heavy (non-hydrogen) atoms. The first-order valence-corrected chi connectivity index (χ1v) is 7.43. The summed E-state index contributed by atoms with van der Waals surface area (Å²) in [5, 5.41) is 0. The second-order valence-electron chi connectivity index (χ2n) is 4.95. The van der Waals surface area contributed by atoms with E-state index in [1.165, 1.54) is 0 Å². The Labute approximate surface area is 136 Å². The SMILES string of the molecule is C=C/C(=C/C)COc1ccc(OCc2ccccc2)c(C=O)c1. The summed E-state index contributed by atoms with van der Waals surface area (Å²) in [7, 11) is 0. The molecule has 0 heterocycles. The fraction of sp³-hybridized carbons (Fsp3) is 0.150. The van der Waals surface area contributed by atoms with Gasteiger partial charge >= 0.3 is 0 Å². The van der Waals surface area contributed by atoms with Gasteiger partial charge in [-0.15, -0.1) is 0 Å². The van der Waals surface area contributed by atoms with Crippen molar-refractivity contribution in [2.75, 3.05) is 6.61 Å². The molecule has 2 aromatic carbocycles. The maximum atomic E-state index is 11.3. The summed E-state index contributed by atoms with van der Waals surface area (Å²) >= 11 is 0. The summed E-state index contributed by atoms with van der Waals surface area (Å²) < 4.78 is 11.4. The van der Waals surface area contributed by atoms with Crippen LogP contribution in [0.3, 0.4) is 0 Å². The summed E-state index contributed by atoms with van der Waals surface area (Å²) in [6, 6.07) is 15.1. The molecule has 118 valence electrons. The summed E-state index contributed by atoms with van der Waals surface area (Å²) in [6.07, 6.45) is 4.46. The average molecular weight is 308 g/mol. The molecule has 0 saturated heterocycles. The summed E-state index contributed by atoms with van der Waals surface area (Å²) in [5.41, 5.74) is 2.51. The highest BCUT2D eigenvalue weighted by atomic mass is 16.5. The Hall–Kier alpha value is -2.81. The maximum Gasteiger partial charge on any atom is 0.153 e. The molecule has 0 aliphatic heterocycles. The van der Waals surface area contributed by atoms with Gasteiger partial charge in [0, 0.05) is 0 Å². The summed E-state index contributed by atoms with van der Waals surface area (Å²) in [4.78, 5) is 11.3. The van der Waals surface area contributed by atoms with Gasteiger partial charge in [0.25, 0.3) is 0 Å². The van der Waals surface area contributed by atoms with E-state index in [4.69, 9.17) is 9.47 Å². The zero-order chi connectivity index (χ0) is 16.5. The van der Waals surface area contributed by atoms with Gasteiger partial charge in [-0.1, -0.05) is 49.1 Å². The molecule has 0 spiro atoms. The molecule has 0 saturated carbocycles. The first-order valence-electron chi connectivity index (χ1n) is 7.43. The van der Waals surface area contributed by atoms with Crippen LogP contribution in [0.15, 0.2) is 72.8 Å². The summed E-state index contributed by atoms with van der Waals surface area (Å²) in [5.74, 6) is 1.17. The number of benzene rings is 2. The van der Waals surface area contributed by atoms with Crippen molar-refractivity contribution < 1.29 is 14.3 Å². The molecule has 0 aliphatic rings. The Morgan fingerprint density at radius 1 is 1.13 bits per heavy atom. The van der Waals surface area contributed by atoms with E-state index in [2.05, 4.69) is 6.58 Å². The minimum absolute atomic E-state index is 0.418. The van der Waals surface area contributed by atoms with Crippen LogP contribution in [0.4, 0.5) is 0 Å². The van der Waals surface area contributed by atoms with E-state index in [0.29, 0.717) is 30.3 Å². The van der Waals surface area contributed by atoms with Gasteiger partial charge in [0.05, 0.1) is 5.56 Å². The van der Waals surface area contributed by atoms with Crippen LogP contribution in [-0.4, -0.2) is 12.9 Å². The van der Waals surface area contributed by atoms with Crippen LogP contribution in [0, 0.1) is 0 Å². The van der Waals surface area contributed by atoms with Crippen molar-refractivity contribution in [1.82, 2.24) is 0 Å². The van der Waals surface area contributed by atoms with E-state index in [1.807, 2.05) is 43.3 Å². The fourth-order valence-corrected chi connectivity index (χ4v) is 2.00. The fourth-order valence-electron chi connectivity index (χ4n) is 2.00. The molecule has 3 heteroatoms. The predicted molar refractivity (Wildman–Crippen MR) is 92.1 cm³/mol. The Kier molecular flexibility index (Phi) is 6.18. The van der Waals surface area contributed by atoms with E-state index >= 15 is 0 Å². The number of rotatable bonds is 8. The Morgan fingerprint density at radius 2 is 1.91 bits per heavy atom. The van der Waals surface area contributed by atoms with Crippen LogP contribution in [0.25, 0.3) is 0 Å². The number of hydrogen-bond donors (Lipinski definition) is 0. The number of ether oxygens (including phenoxy) is 2. The van der Waals surface area contributed by atoms with Crippen molar-refractivity contribution in [2.24, 2.45) is 0 Å². The van der Waals surface area contributed by atoms with Gasteiger partial charge in [-0.05, 0) is 36.3 Å². The van der Waals surface area contributed by atoms with Crippen LogP contribution in [0.2, 0.25) is 0 Å². The van der Waals surface area contributed by atoms with Gasteiger partial charge in [0.15, 0.2) is 6.29 Å². The molecule has 2 aromatic rings. The second-order valence-corrected chi connectivity index (χ2v) is 4.95. The molecule has 0 unspecified atom stereocenters. The smallest absolute Gasteiger partial charge is 0.153 e. The number of allylic oxidation sites excluding steroid dienone is 1. The molecule has 0 amide bonds. The van der Waals surface area contributed by atoms with Crippen LogP contribution in [0.5, 0.6) is 11.5 Å². The zero-order valence-electron chi connectivity index (χ0n) is 13.2. The van der Waals surface area contributed by atoms with E-state index in [9.17, 15) is 4.79 Å². The number of carbonyl (C=O) groups excluding carboxylic acids is 1. The topological polar surface area (TPSA) is 35.5 Å². The van der Waals surface area contributed by atoms with E-state index < -0.39 is 0 Å². The van der Waals surface area contributed by atoms with Crippen LogP contribution < -0.4 is 9.47 Å². The number of carbonyl (C=O) groups is 1. The molecule has 0 aromatic heterocycles. The van der Waals surface area contributed by atoms with Gasteiger partial charge in [-0.2, -0.15) is 0 Å². The van der Waals surface area contributed by atoms with Gasteiger partial charge in [-0.25, -0.2) is 0 Å². The maximum absolute atomic E-state index is 11.3. The third-order valence-electron chi connectivity index (χ3n) is 3.38. The zero-order valence-corrected chi connectivity index (χ0v) is 13.2. The molecule has 0 fully saturated rings. The minimum atomic E-state index is 0.418. The molecule has 0 N–H and O–H groups in total. The highest BCUT2D eigenvalue weighted by molar-refractivity contribution is 5.80. The monoisotopic (exact) mass is 308 g/mol. The quantitative estimate of drug-likeness (QED) is 0.528.